The first kappa shape index (κ1) is 21.7. The van der Waals surface area contributed by atoms with E-state index in [-0.39, 0.29) is 24.8 Å². The van der Waals surface area contributed by atoms with Crippen LogP contribution in [0.3, 0.4) is 0 Å². The summed E-state index contributed by atoms with van der Waals surface area (Å²) in [6.45, 7) is 6.27. The molecule has 0 saturated carbocycles. The zero-order valence-corrected chi connectivity index (χ0v) is 18.1. The Morgan fingerprint density at radius 3 is 2.71 bits per heavy atom. The minimum atomic E-state index is 0. The van der Waals surface area contributed by atoms with Gasteiger partial charge in [-0.3, -0.25) is 0 Å². The second kappa shape index (κ2) is 9.95. The van der Waals surface area contributed by atoms with Gasteiger partial charge < -0.3 is 24.8 Å². The van der Waals surface area contributed by atoms with Crippen LogP contribution >= 0.6 is 0 Å². The fraction of sp³-hybridized carbons (Fsp3) is 0.333. The molecule has 0 amide bonds. The molecule has 0 N–H and O–H groups in total. The Morgan fingerprint density at radius 1 is 1.25 bits per heavy atom. The summed E-state index contributed by atoms with van der Waals surface area (Å²) in [5.74, 6) is 0. The average Bonchev–Trinajstić information content (AvgIpc) is 3.10. The summed E-state index contributed by atoms with van der Waals surface area (Å²) in [6.07, 6.45) is 12.7. The van der Waals surface area contributed by atoms with Crippen LogP contribution in [0.15, 0.2) is 65.8 Å². The van der Waals surface area contributed by atoms with Gasteiger partial charge in [-0.25, -0.2) is 0 Å². The van der Waals surface area contributed by atoms with E-state index in [1.807, 2.05) is 0 Å². The molecular formula is C21H23Cl2Zr. The third kappa shape index (κ3) is 4.06. The molecule has 1 atom stereocenters. The van der Waals surface area contributed by atoms with Crippen molar-refractivity contribution in [2.75, 3.05) is 0 Å². The van der Waals surface area contributed by atoms with Crippen molar-refractivity contribution >= 4 is 5.57 Å². The molecule has 24 heavy (non-hydrogen) atoms. The standard InChI is InChI=1S/C21H23.2ClH.Zr/c1-3-5-10-16-12-8-14-19(16)21-18(9-4-2)15-17-11-6-7-13-20(17)21;;;/h4,6-8,11-13,15H,2-3,5,9-10,14H2,1H3;2*1H;/q;;;+2/p-2. The van der Waals surface area contributed by atoms with Crippen molar-refractivity contribution in [3.8, 4) is 0 Å². The first-order valence-corrected chi connectivity index (χ1v) is 9.73. The monoisotopic (exact) mass is 435 g/mol. The molecule has 3 heteroatoms. The van der Waals surface area contributed by atoms with Crippen LogP contribution in [0.2, 0.25) is 0 Å². The Kier molecular flexibility index (Phi) is 8.99. The van der Waals surface area contributed by atoms with E-state index in [1.165, 1.54) is 30.4 Å². The maximum atomic E-state index is 4.00. The summed E-state index contributed by atoms with van der Waals surface area (Å²) in [7, 11) is 0. The molecule has 2 aliphatic rings. The molecule has 0 radical (unpaired) electrons. The van der Waals surface area contributed by atoms with Crippen molar-refractivity contribution < 1.29 is 49.5 Å². The maximum Gasteiger partial charge on any atom is -1.00 e. The van der Waals surface area contributed by atoms with Gasteiger partial charge in [0.15, 0.2) is 0 Å². The number of hydrogen-bond donors (Lipinski definition) is 0. The molecule has 0 spiro atoms. The maximum absolute atomic E-state index is 4.00. The van der Waals surface area contributed by atoms with Crippen LogP contribution < -0.4 is 24.8 Å². The van der Waals surface area contributed by atoms with E-state index in [0.717, 1.165) is 12.8 Å². The smallest absolute Gasteiger partial charge is 1.00 e. The SMILES string of the molecule is C=CCC1=C(C2=C(CCCC)C=CC2)c2ccccc2[CH]1[Zr+2].[Cl-].[Cl-]. The van der Waals surface area contributed by atoms with Crippen LogP contribution in [-0.2, 0) is 24.7 Å². The number of fused-ring (bicyclic) bond motifs is 1. The van der Waals surface area contributed by atoms with Crippen molar-refractivity contribution in [1.29, 1.82) is 0 Å². The molecule has 2 aliphatic carbocycles. The van der Waals surface area contributed by atoms with Gasteiger partial charge in [0, 0.05) is 0 Å². The quantitative estimate of drug-likeness (QED) is 0.553. The van der Waals surface area contributed by atoms with Crippen LogP contribution in [-0.4, -0.2) is 0 Å². The largest absolute Gasteiger partial charge is 1.00 e. The Hall–Kier alpha value is -0.357. The van der Waals surface area contributed by atoms with Gasteiger partial charge in [0.1, 0.15) is 0 Å². The number of halogens is 2. The molecule has 1 aromatic rings. The molecule has 0 nitrogen and oxygen atoms in total. The second-order valence-electron chi connectivity index (χ2n) is 6.13. The third-order valence-electron chi connectivity index (χ3n) is 4.71. The van der Waals surface area contributed by atoms with E-state index in [0.29, 0.717) is 3.63 Å². The van der Waals surface area contributed by atoms with Gasteiger partial charge in [-0.2, -0.15) is 0 Å². The zero-order valence-electron chi connectivity index (χ0n) is 14.1. The summed E-state index contributed by atoms with van der Waals surface area (Å²) in [5.41, 5.74) is 9.31. The summed E-state index contributed by atoms with van der Waals surface area (Å²) in [6, 6.07) is 9.01. The topological polar surface area (TPSA) is 0 Å². The second-order valence-corrected chi connectivity index (χ2v) is 7.55. The minimum absolute atomic E-state index is 0. The van der Waals surface area contributed by atoms with E-state index in [1.54, 1.807) is 47.0 Å². The van der Waals surface area contributed by atoms with Crippen LogP contribution in [0, 0.1) is 0 Å². The first-order chi connectivity index (χ1) is 10.8. The van der Waals surface area contributed by atoms with Crippen LogP contribution in [0.25, 0.3) is 5.57 Å². The molecular weight excluding hydrogens is 414 g/mol. The Labute approximate surface area is 173 Å². The summed E-state index contributed by atoms with van der Waals surface area (Å²) in [4.78, 5) is 0. The number of rotatable bonds is 6. The van der Waals surface area contributed by atoms with Crippen LogP contribution in [0.1, 0.15) is 53.8 Å². The van der Waals surface area contributed by atoms with Gasteiger partial charge in [-0.1, -0.05) is 0 Å². The van der Waals surface area contributed by atoms with Crippen molar-refractivity contribution in [2.24, 2.45) is 0 Å². The molecule has 0 fully saturated rings. The zero-order chi connectivity index (χ0) is 15.5. The van der Waals surface area contributed by atoms with E-state index in [9.17, 15) is 0 Å². The molecule has 1 aromatic carbocycles. The van der Waals surface area contributed by atoms with Crippen molar-refractivity contribution in [2.45, 2.75) is 42.7 Å². The average molecular weight is 438 g/mol. The number of hydrogen-bond acceptors (Lipinski definition) is 0. The number of allylic oxidation sites excluding steroid dienone is 7. The van der Waals surface area contributed by atoms with Crippen molar-refractivity contribution in [3.05, 3.63) is 76.9 Å². The van der Waals surface area contributed by atoms with Gasteiger partial charge in [0.2, 0.25) is 0 Å². The third-order valence-corrected chi connectivity index (χ3v) is 6.33. The molecule has 3 rings (SSSR count). The van der Waals surface area contributed by atoms with Gasteiger partial charge in [0.05, 0.1) is 0 Å². The van der Waals surface area contributed by atoms with Gasteiger partial charge in [0.25, 0.3) is 0 Å². The van der Waals surface area contributed by atoms with E-state index in [4.69, 9.17) is 0 Å². The molecule has 125 valence electrons. The molecule has 0 saturated heterocycles. The van der Waals surface area contributed by atoms with Gasteiger partial charge in [-0.15, -0.1) is 0 Å². The molecule has 1 unspecified atom stereocenters. The predicted octanol–water partition coefficient (Wildman–Crippen LogP) is 0.0725. The fourth-order valence-electron chi connectivity index (χ4n) is 3.63. The molecule has 0 heterocycles. The van der Waals surface area contributed by atoms with E-state index < -0.39 is 0 Å². The Bertz CT molecular complexity index is 683. The Morgan fingerprint density at radius 2 is 2.00 bits per heavy atom. The minimum Gasteiger partial charge on any atom is -1.00 e. The molecule has 0 aromatic heterocycles. The normalized spacial score (nSPS) is 18.4. The number of benzene rings is 1. The fourth-order valence-corrected chi connectivity index (χ4v) is 4.89. The molecule has 0 bridgehead atoms. The van der Waals surface area contributed by atoms with Crippen LogP contribution in [0.4, 0.5) is 0 Å². The van der Waals surface area contributed by atoms with Gasteiger partial charge in [-0.05, 0) is 0 Å². The van der Waals surface area contributed by atoms with E-state index in [2.05, 4.69) is 56.0 Å². The van der Waals surface area contributed by atoms with Crippen molar-refractivity contribution in [3.63, 3.8) is 0 Å². The van der Waals surface area contributed by atoms with Crippen LogP contribution in [0.5, 0.6) is 0 Å². The molecule has 0 aliphatic heterocycles. The Balaban J connectivity index is 0.00000144. The van der Waals surface area contributed by atoms with Crippen molar-refractivity contribution in [1.82, 2.24) is 0 Å². The summed E-state index contributed by atoms with van der Waals surface area (Å²) >= 11 is 1.59. The van der Waals surface area contributed by atoms with Gasteiger partial charge >= 0.3 is 150 Å². The summed E-state index contributed by atoms with van der Waals surface area (Å²) < 4.78 is 0.608. The predicted molar refractivity (Wildman–Crippen MR) is 91.2 cm³/mol. The number of unbranched alkanes of at least 4 members (excludes halogenated alkanes) is 1. The summed E-state index contributed by atoms with van der Waals surface area (Å²) in [5, 5.41) is 0. The van der Waals surface area contributed by atoms with E-state index >= 15 is 0 Å². The first-order valence-electron chi connectivity index (χ1n) is 8.31.